The lowest BCUT2D eigenvalue weighted by molar-refractivity contribution is 0.406. The van der Waals surface area contributed by atoms with Gasteiger partial charge in [0.1, 0.15) is 5.82 Å². The van der Waals surface area contributed by atoms with Crippen LogP contribution in [0, 0.1) is 6.92 Å². The average molecular weight is 532 g/mol. The number of aromatic hydroxyl groups is 1. The van der Waals surface area contributed by atoms with Gasteiger partial charge in [-0.3, -0.25) is 14.3 Å². The van der Waals surface area contributed by atoms with Crippen LogP contribution >= 0.6 is 0 Å². The molecule has 0 saturated carbocycles. The predicted molar refractivity (Wildman–Crippen MR) is 148 cm³/mol. The SMILES string of the molecule is CCCCCc1nc(O)c(S(=O)(=O)c2ccc(-c3ccncc3C)cc2)c(=O)n1[C@@H](CC)c1ccccc1. The molecule has 0 spiro atoms. The first-order valence-corrected chi connectivity index (χ1v) is 14.4. The Morgan fingerprint density at radius 3 is 2.32 bits per heavy atom. The van der Waals surface area contributed by atoms with Crippen LogP contribution in [0.5, 0.6) is 5.88 Å². The van der Waals surface area contributed by atoms with Gasteiger partial charge in [-0.05, 0) is 60.2 Å². The molecule has 8 heteroatoms. The van der Waals surface area contributed by atoms with E-state index in [4.69, 9.17) is 0 Å². The number of pyridine rings is 1. The van der Waals surface area contributed by atoms with Crippen molar-refractivity contribution < 1.29 is 13.5 Å². The second kappa shape index (κ2) is 11.7. The second-order valence-corrected chi connectivity index (χ2v) is 11.3. The Labute approximate surface area is 223 Å². The average Bonchev–Trinajstić information content (AvgIpc) is 2.91. The third-order valence-electron chi connectivity index (χ3n) is 6.78. The summed E-state index contributed by atoms with van der Waals surface area (Å²) in [5, 5.41) is 10.8. The molecular weight excluding hydrogens is 498 g/mol. The van der Waals surface area contributed by atoms with E-state index in [1.165, 1.54) is 16.7 Å². The smallest absolute Gasteiger partial charge is 0.277 e. The molecule has 2 aromatic carbocycles. The maximum Gasteiger partial charge on any atom is 0.277 e. The third-order valence-corrected chi connectivity index (χ3v) is 8.57. The standard InChI is InChI=1S/C30H33N3O4S/c1-4-6-8-13-27-32-29(34)28(30(35)33(27)26(5-2)23-11-9-7-10-12-23)38(36,37)24-16-14-22(15-17-24)25-18-19-31-20-21(25)3/h7,9-12,14-20,26,34H,4-6,8,13H2,1-3H3/t26-/m0/s1. The van der Waals surface area contributed by atoms with Crippen LogP contribution in [-0.4, -0.2) is 28.1 Å². The fourth-order valence-corrected chi connectivity index (χ4v) is 6.13. The first-order valence-electron chi connectivity index (χ1n) is 12.9. The number of hydrogen-bond acceptors (Lipinski definition) is 6. The molecule has 0 radical (unpaired) electrons. The molecule has 0 aliphatic heterocycles. The molecule has 1 atom stereocenters. The van der Waals surface area contributed by atoms with Gasteiger partial charge in [-0.2, -0.15) is 4.98 Å². The maximum absolute atomic E-state index is 13.9. The highest BCUT2D eigenvalue weighted by Gasteiger charge is 2.31. The molecule has 1 N–H and O–H groups in total. The van der Waals surface area contributed by atoms with Gasteiger partial charge in [0.05, 0.1) is 10.9 Å². The van der Waals surface area contributed by atoms with Crippen molar-refractivity contribution in [2.45, 2.75) is 68.7 Å². The zero-order chi connectivity index (χ0) is 27.3. The largest absolute Gasteiger partial charge is 0.492 e. The molecule has 198 valence electrons. The number of nitrogens with zero attached hydrogens (tertiary/aromatic N) is 3. The fourth-order valence-electron chi connectivity index (χ4n) is 4.79. The van der Waals surface area contributed by atoms with Crippen LogP contribution in [0.3, 0.4) is 0 Å². The summed E-state index contributed by atoms with van der Waals surface area (Å²) >= 11 is 0. The minimum absolute atomic E-state index is 0.0831. The van der Waals surface area contributed by atoms with E-state index in [-0.39, 0.29) is 4.90 Å². The normalized spacial score (nSPS) is 12.4. The van der Waals surface area contributed by atoms with Crippen LogP contribution < -0.4 is 5.56 Å². The zero-order valence-corrected chi connectivity index (χ0v) is 22.8. The summed E-state index contributed by atoms with van der Waals surface area (Å²) in [4.78, 5) is 21.6. The number of sulfone groups is 1. The maximum atomic E-state index is 13.9. The fraction of sp³-hybridized carbons (Fsp3) is 0.300. The highest BCUT2D eigenvalue weighted by Crippen LogP contribution is 2.30. The quantitative estimate of drug-likeness (QED) is 0.256. The topological polar surface area (TPSA) is 102 Å². The summed E-state index contributed by atoms with van der Waals surface area (Å²) < 4.78 is 28.9. The molecule has 0 aliphatic carbocycles. The molecule has 0 aliphatic rings. The number of hydrogen-bond donors (Lipinski definition) is 1. The molecular formula is C30H33N3O4S. The van der Waals surface area contributed by atoms with Gasteiger partial charge < -0.3 is 5.11 Å². The molecule has 4 aromatic rings. The monoisotopic (exact) mass is 531 g/mol. The van der Waals surface area contributed by atoms with E-state index < -0.39 is 32.2 Å². The van der Waals surface area contributed by atoms with Crippen molar-refractivity contribution in [3.05, 3.63) is 100 Å². The van der Waals surface area contributed by atoms with E-state index >= 15 is 0 Å². The molecule has 0 fully saturated rings. The van der Waals surface area contributed by atoms with Crippen molar-refractivity contribution in [1.82, 2.24) is 14.5 Å². The summed E-state index contributed by atoms with van der Waals surface area (Å²) in [6, 6.07) is 17.2. The predicted octanol–water partition coefficient (Wildman–Crippen LogP) is 5.88. The molecule has 0 unspecified atom stereocenters. The second-order valence-electron chi connectivity index (χ2n) is 9.37. The summed E-state index contributed by atoms with van der Waals surface area (Å²) in [5.74, 6) is -0.367. The Kier molecular flexibility index (Phi) is 8.42. The summed E-state index contributed by atoms with van der Waals surface area (Å²) in [6.45, 7) is 5.95. The summed E-state index contributed by atoms with van der Waals surface area (Å²) in [5.41, 5.74) is 2.83. The minimum Gasteiger partial charge on any atom is -0.492 e. The third kappa shape index (κ3) is 5.41. The molecule has 0 amide bonds. The van der Waals surface area contributed by atoms with Crippen LogP contribution in [-0.2, 0) is 16.3 Å². The van der Waals surface area contributed by atoms with E-state index in [1.807, 2.05) is 50.2 Å². The number of benzene rings is 2. The molecule has 2 heterocycles. The van der Waals surface area contributed by atoms with Gasteiger partial charge in [0.25, 0.3) is 5.56 Å². The molecule has 7 nitrogen and oxygen atoms in total. The van der Waals surface area contributed by atoms with Gasteiger partial charge >= 0.3 is 0 Å². The first kappa shape index (κ1) is 27.3. The van der Waals surface area contributed by atoms with Crippen LogP contribution in [0.15, 0.2) is 87.6 Å². The van der Waals surface area contributed by atoms with Crippen molar-refractivity contribution in [3.8, 4) is 17.0 Å². The summed E-state index contributed by atoms with van der Waals surface area (Å²) in [7, 11) is -4.36. The van der Waals surface area contributed by atoms with Crippen molar-refractivity contribution >= 4 is 9.84 Å². The van der Waals surface area contributed by atoms with Crippen LogP contribution in [0.1, 0.15) is 62.5 Å². The molecule has 38 heavy (non-hydrogen) atoms. The van der Waals surface area contributed by atoms with Crippen molar-refractivity contribution in [2.75, 3.05) is 0 Å². The van der Waals surface area contributed by atoms with Gasteiger partial charge in [-0.1, -0.05) is 69.2 Å². The lowest BCUT2D eigenvalue weighted by atomic mass is 10.0. The van der Waals surface area contributed by atoms with E-state index in [0.29, 0.717) is 18.7 Å². The molecule has 0 saturated heterocycles. The molecule has 2 aromatic heterocycles. The van der Waals surface area contributed by atoms with Gasteiger partial charge in [0, 0.05) is 18.8 Å². The zero-order valence-electron chi connectivity index (χ0n) is 22.0. The lowest BCUT2D eigenvalue weighted by Crippen LogP contribution is -2.33. The van der Waals surface area contributed by atoms with Gasteiger partial charge in [0.15, 0.2) is 4.90 Å². The lowest BCUT2D eigenvalue weighted by Gasteiger charge is -2.23. The van der Waals surface area contributed by atoms with Crippen molar-refractivity contribution in [3.63, 3.8) is 0 Å². The Balaban J connectivity index is 1.85. The number of unbranched alkanes of at least 4 members (excludes halogenated alkanes) is 2. The van der Waals surface area contributed by atoms with Gasteiger partial charge in [-0.25, -0.2) is 8.42 Å². The van der Waals surface area contributed by atoms with Gasteiger partial charge in [-0.15, -0.1) is 0 Å². The number of rotatable bonds is 10. The molecule has 4 rings (SSSR count). The van der Waals surface area contributed by atoms with Crippen molar-refractivity contribution in [1.29, 1.82) is 0 Å². The van der Waals surface area contributed by atoms with E-state index in [2.05, 4.69) is 16.9 Å². The Hall–Kier alpha value is -3.78. The van der Waals surface area contributed by atoms with Crippen LogP contribution in [0.25, 0.3) is 11.1 Å². The summed E-state index contributed by atoms with van der Waals surface area (Å²) in [6.07, 6.45) is 7.12. The van der Waals surface area contributed by atoms with E-state index in [9.17, 15) is 18.3 Å². The number of aromatic nitrogens is 3. The van der Waals surface area contributed by atoms with Crippen LogP contribution in [0.4, 0.5) is 0 Å². The number of aryl methyl sites for hydroxylation is 2. The first-order chi connectivity index (χ1) is 18.3. The van der Waals surface area contributed by atoms with E-state index in [0.717, 1.165) is 41.5 Å². The molecule has 0 bridgehead atoms. The van der Waals surface area contributed by atoms with Crippen LogP contribution in [0.2, 0.25) is 0 Å². The van der Waals surface area contributed by atoms with E-state index in [1.54, 1.807) is 24.5 Å². The minimum atomic E-state index is -4.36. The highest BCUT2D eigenvalue weighted by atomic mass is 32.2. The Morgan fingerprint density at radius 1 is 0.974 bits per heavy atom. The Morgan fingerprint density at radius 2 is 1.68 bits per heavy atom. The van der Waals surface area contributed by atoms with Gasteiger partial charge in [0.2, 0.25) is 15.7 Å². The Bertz CT molecular complexity index is 1560. The highest BCUT2D eigenvalue weighted by molar-refractivity contribution is 7.91. The van der Waals surface area contributed by atoms with Crippen molar-refractivity contribution in [2.24, 2.45) is 0 Å².